The van der Waals surface area contributed by atoms with Crippen molar-refractivity contribution in [1.82, 2.24) is 20.2 Å². The highest BCUT2D eigenvalue weighted by Crippen LogP contribution is 2.46. The van der Waals surface area contributed by atoms with E-state index in [4.69, 9.17) is 26.8 Å². The molecule has 44 heavy (non-hydrogen) atoms. The normalized spacial score (nSPS) is 25.1. The van der Waals surface area contributed by atoms with Gasteiger partial charge in [0.15, 0.2) is 5.82 Å². The van der Waals surface area contributed by atoms with E-state index in [0.717, 1.165) is 30.7 Å². The van der Waals surface area contributed by atoms with Crippen molar-refractivity contribution in [3.8, 4) is 29.1 Å². The number of nitrogens with two attached hydrogens (primary N) is 1. The van der Waals surface area contributed by atoms with Crippen LogP contribution in [-0.4, -0.2) is 76.7 Å². The van der Waals surface area contributed by atoms with Crippen LogP contribution in [0.1, 0.15) is 31.2 Å². The largest absolute Gasteiger partial charge is 0.472 e. The average molecular weight is 645 g/mol. The van der Waals surface area contributed by atoms with Gasteiger partial charge in [0.1, 0.15) is 41.3 Å². The average Bonchev–Trinajstić information content (AvgIpc) is 3.76. The third kappa shape index (κ3) is 4.80. The van der Waals surface area contributed by atoms with Crippen molar-refractivity contribution < 1.29 is 27.8 Å². The minimum Gasteiger partial charge on any atom is -0.472 e. The fraction of sp³-hybridized carbons (Fsp3) is 0.433. The molecule has 14 heteroatoms. The van der Waals surface area contributed by atoms with Crippen LogP contribution in [0.15, 0.2) is 18.2 Å². The van der Waals surface area contributed by atoms with Crippen LogP contribution < -0.4 is 20.5 Å². The highest BCUT2D eigenvalue weighted by molar-refractivity contribution is 7.23. The lowest BCUT2D eigenvalue weighted by Gasteiger charge is -2.30. The summed E-state index contributed by atoms with van der Waals surface area (Å²) in [4.78, 5) is 11.0. The highest BCUT2D eigenvalue weighted by Gasteiger charge is 2.49. The lowest BCUT2D eigenvalue weighted by molar-refractivity contribution is 0.106. The molecular weight excluding hydrogens is 617 g/mol. The third-order valence-corrected chi connectivity index (χ3v) is 10.3. The van der Waals surface area contributed by atoms with E-state index in [2.05, 4.69) is 20.2 Å². The minimum absolute atomic E-state index is 0.0288. The maximum atomic E-state index is 16.7. The van der Waals surface area contributed by atoms with Gasteiger partial charge in [0.05, 0.1) is 32.8 Å². The first-order chi connectivity index (χ1) is 21.2. The Morgan fingerprint density at radius 3 is 2.93 bits per heavy atom. The van der Waals surface area contributed by atoms with Crippen LogP contribution in [0.4, 0.5) is 18.2 Å². The number of nitrogens with one attached hydrogen (secondary N) is 1. The number of alkyl halides is 1. The van der Waals surface area contributed by atoms with Crippen molar-refractivity contribution in [2.45, 2.75) is 49.5 Å². The highest BCUT2D eigenvalue weighted by atomic mass is 35.5. The van der Waals surface area contributed by atoms with Crippen LogP contribution >= 0.6 is 22.9 Å². The fourth-order valence-corrected chi connectivity index (χ4v) is 8.12. The molecule has 0 radical (unpaired) electrons. The number of benzene rings is 2. The van der Waals surface area contributed by atoms with Gasteiger partial charge < -0.3 is 25.6 Å². The zero-order chi connectivity index (χ0) is 30.7. The van der Waals surface area contributed by atoms with Crippen molar-refractivity contribution in [2.75, 3.05) is 38.6 Å². The van der Waals surface area contributed by atoms with E-state index < -0.39 is 23.3 Å². The van der Waals surface area contributed by atoms with Gasteiger partial charge >= 0.3 is 6.01 Å². The van der Waals surface area contributed by atoms with E-state index in [1.165, 1.54) is 18.2 Å². The smallest absolute Gasteiger partial charge is 0.320 e. The van der Waals surface area contributed by atoms with Crippen molar-refractivity contribution in [3.63, 3.8) is 0 Å². The second-order valence-electron chi connectivity index (χ2n) is 11.6. The lowest BCUT2D eigenvalue weighted by Crippen LogP contribution is -2.43. The summed E-state index contributed by atoms with van der Waals surface area (Å²) < 4.78 is 58.2. The molecule has 4 aromatic rings. The van der Waals surface area contributed by atoms with Crippen LogP contribution in [0.25, 0.3) is 32.1 Å². The molecule has 2 aromatic carbocycles. The Bertz CT molecular complexity index is 1840. The van der Waals surface area contributed by atoms with E-state index in [1.54, 1.807) is 0 Å². The molecule has 4 atom stereocenters. The van der Waals surface area contributed by atoms with Gasteiger partial charge in [0.2, 0.25) is 5.88 Å². The van der Waals surface area contributed by atoms with Crippen LogP contribution in [-0.2, 0) is 0 Å². The summed E-state index contributed by atoms with van der Waals surface area (Å²) in [5, 5.41) is 22.9. The second-order valence-corrected chi connectivity index (χ2v) is 13.1. The van der Waals surface area contributed by atoms with E-state index in [1.807, 2.05) is 6.07 Å². The van der Waals surface area contributed by atoms with Gasteiger partial charge in [0, 0.05) is 42.9 Å². The number of fused-ring (bicyclic) bond motifs is 3. The Labute approximate surface area is 259 Å². The third-order valence-electron chi connectivity index (χ3n) is 8.94. The first-order valence-corrected chi connectivity index (χ1v) is 15.5. The number of aliphatic hydroxyl groups is 1. The van der Waals surface area contributed by atoms with Gasteiger partial charge in [-0.2, -0.15) is 15.2 Å². The lowest BCUT2D eigenvalue weighted by atomic mass is 9.95. The molecule has 2 aromatic heterocycles. The number of rotatable bonds is 7. The molecule has 7 rings (SSSR count). The summed E-state index contributed by atoms with van der Waals surface area (Å²) in [6, 6.07) is 5.70. The van der Waals surface area contributed by atoms with E-state index in [9.17, 15) is 19.1 Å². The van der Waals surface area contributed by atoms with Crippen molar-refractivity contribution in [1.29, 1.82) is 5.26 Å². The molecule has 3 aliphatic heterocycles. The maximum absolute atomic E-state index is 16.7. The number of thiophene rings is 1. The summed E-state index contributed by atoms with van der Waals surface area (Å²) in [6.45, 7) is 1.60. The Balaban J connectivity index is 1.36. The monoisotopic (exact) mass is 644 g/mol. The molecule has 1 unspecified atom stereocenters. The first kappa shape index (κ1) is 29.3. The number of aromatic nitrogens is 2. The van der Waals surface area contributed by atoms with Crippen molar-refractivity contribution >= 4 is 48.9 Å². The molecule has 9 nitrogen and oxygen atoms in total. The number of ether oxygens (including phenoxy) is 2. The van der Waals surface area contributed by atoms with Crippen LogP contribution in [0.3, 0.4) is 0 Å². The van der Waals surface area contributed by atoms with E-state index >= 15 is 4.39 Å². The summed E-state index contributed by atoms with van der Waals surface area (Å²) in [5.74, 6) is -1.39. The van der Waals surface area contributed by atoms with Gasteiger partial charge in [0.25, 0.3) is 0 Å². The van der Waals surface area contributed by atoms with Gasteiger partial charge in [-0.05, 0) is 37.1 Å². The number of hydrogen-bond donors (Lipinski definition) is 3. The number of anilines is 1. The molecule has 0 aliphatic carbocycles. The van der Waals surface area contributed by atoms with Gasteiger partial charge in [-0.3, -0.25) is 4.90 Å². The van der Waals surface area contributed by atoms with E-state index in [-0.39, 0.29) is 85.0 Å². The predicted octanol–water partition coefficient (Wildman–Crippen LogP) is 4.95. The number of nitriles is 1. The number of nitrogen functional groups attached to an aromatic ring is 1. The SMILES string of the molecule is N#Cc1c(N)sc2c(F)ccc(-c3c(Cl)cc4c(O[C@@H]5CN[C@H](CO)C5)nc(OCC56CCCN5C[C@H](F)C6)nc4c3F)c12. The first-order valence-electron chi connectivity index (χ1n) is 14.3. The van der Waals surface area contributed by atoms with Crippen molar-refractivity contribution in [2.24, 2.45) is 0 Å². The molecule has 230 valence electrons. The zero-order valence-electron chi connectivity index (χ0n) is 23.4. The van der Waals surface area contributed by atoms with Crippen LogP contribution in [0.5, 0.6) is 11.9 Å². The molecule has 5 heterocycles. The number of aliphatic hydroxyl groups excluding tert-OH is 1. The molecular formula is C30H28ClF3N6O3S. The van der Waals surface area contributed by atoms with Crippen LogP contribution in [0.2, 0.25) is 5.02 Å². The quantitative estimate of drug-likeness (QED) is 0.256. The molecule has 4 N–H and O–H groups in total. The zero-order valence-corrected chi connectivity index (χ0v) is 25.0. The molecule has 3 fully saturated rings. The Morgan fingerprint density at radius 2 is 2.16 bits per heavy atom. The van der Waals surface area contributed by atoms with Gasteiger partial charge in [-0.1, -0.05) is 17.7 Å². The topological polar surface area (TPSA) is 130 Å². The maximum Gasteiger partial charge on any atom is 0.320 e. The summed E-state index contributed by atoms with van der Waals surface area (Å²) >= 11 is 7.61. The van der Waals surface area contributed by atoms with Crippen LogP contribution in [0, 0.1) is 23.0 Å². The summed E-state index contributed by atoms with van der Waals surface area (Å²) in [5.41, 5.74) is 5.50. The van der Waals surface area contributed by atoms with Gasteiger partial charge in [-0.25, -0.2) is 13.2 Å². The number of halogens is 4. The molecule has 0 spiro atoms. The fourth-order valence-electron chi connectivity index (χ4n) is 6.88. The Hall–Kier alpha value is -3.41. The molecule has 0 amide bonds. The summed E-state index contributed by atoms with van der Waals surface area (Å²) in [7, 11) is 0. The number of nitrogens with zero attached hydrogens (tertiary/aromatic N) is 4. The Morgan fingerprint density at radius 1 is 1.32 bits per heavy atom. The van der Waals surface area contributed by atoms with Crippen molar-refractivity contribution in [3.05, 3.63) is 40.4 Å². The predicted molar refractivity (Wildman–Crippen MR) is 161 cm³/mol. The molecule has 3 aliphatic rings. The van der Waals surface area contributed by atoms with Gasteiger partial charge in [-0.15, -0.1) is 11.3 Å². The van der Waals surface area contributed by atoms with E-state index in [0.29, 0.717) is 25.9 Å². The molecule has 0 saturated carbocycles. The summed E-state index contributed by atoms with van der Waals surface area (Å²) in [6.07, 6.45) is 1.18. The standard InChI is InChI=1S/C30H28ClF3N6O3S/c31-20-7-18-25(24(34)23(20)17-2-3-21(33)26-22(17)19(9-35)27(36)44-26)38-29(39-28(18)43-16-6-15(12-41)37-10-16)42-13-30-4-1-5-40(30)11-14(32)8-30/h2-3,7,14-16,37,41H,1,4-6,8,10-13,36H2/t14-,15+,16+,30?/m1/s1. The minimum atomic E-state index is -0.955. The molecule has 3 saturated heterocycles. The Kier molecular flexibility index (Phi) is 7.45. The number of hydrogen-bond acceptors (Lipinski definition) is 10. The second kappa shape index (κ2) is 11.2. The molecule has 0 bridgehead atoms.